The SMILES string of the molecule is CC1=C(C(=O)Nc2cccnc2)C(c2ccccc2C)C2=C(CCCC2=O)N1. The molecular formula is C23H23N3O2. The monoisotopic (exact) mass is 373 g/mol. The molecule has 0 radical (unpaired) electrons. The lowest BCUT2D eigenvalue weighted by molar-refractivity contribution is -0.116. The summed E-state index contributed by atoms with van der Waals surface area (Å²) >= 11 is 0. The molecule has 2 heterocycles. The van der Waals surface area contributed by atoms with Crippen molar-refractivity contribution in [3.05, 3.63) is 82.5 Å². The van der Waals surface area contributed by atoms with Crippen LogP contribution in [0.15, 0.2) is 71.3 Å². The first kappa shape index (κ1) is 18.2. The third-order valence-electron chi connectivity index (χ3n) is 5.44. The second-order valence-electron chi connectivity index (χ2n) is 7.32. The van der Waals surface area contributed by atoms with Crippen LogP contribution in [0, 0.1) is 6.92 Å². The highest BCUT2D eigenvalue weighted by molar-refractivity contribution is 6.09. The largest absolute Gasteiger partial charge is 0.362 e. The maximum absolute atomic E-state index is 13.3. The van der Waals surface area contributed by atoms with Gasteiger partial charge < -0.3 is 10.6 Å². The maximum Gasteiger partial charge on any atom is 0.254 e. The van der Waals surface area contributed by atoms with Crippen molar-refractivity contribution in [3.63, 3.8) is 0 Å². The number of nitrogens with zero attached hydrogens (tertiary/aromatic N) is 1. The number of allylic oxidation sites excluding steroid dienone is 3. The lowest BCUT2D eigenvalue weighted by atomic mass is 9.74. The number of pyridine rings is 1. The zero-order valence-corrected chi connectivity index (χ0v) is 16.1. The van der Waals surface area contributed by atoms with Crippen molar-refractivity contribution in [3.8, 4) is 0 Å². The Labute approximate surface area is 164 Å². The van der Waals surface area contributed by atoms with Gasteiger partial charge in [0.1, 0.15) is 0 Å². The van der Waals surface area contributed by atoms with Crippen LogP contribution in [0.4, 0.5) is 5.69 Å². The number of Topliss-reactive ketones (excluding diaryl/α,β-unsaturated/α-hetero) is 1. The molecule has 1 aliphatic carbocycles. The van der Waals surface area contributed by atoms with Crippen LogP contribution in [-0.2, 0) is 9.59 Å². The number of aromatic nitrogens is 1. The molecule has 0 fully saturated rings. The number of amides is 1. The number of carbonyl (C=O) groups excluding carboxylic acids is 2. The summed E-state index contributed by atoms with van der Waals surface area (Å²) in [5.74, 6) is -0.445. The Kier molecular flexibility index (Phi) is 4.82. The van der Waals surface area contributed by atoms with Crippen molar-refractivity contribution in [2.45, 2.75) is 39.0 Å². The van der Waals surface area contributed by atoms with E-state index in [1.54, 1.807) is 24.5 Å². The fourth-order valence-electron chi connectivity index (χ4n) is 4.14. The molecule has 1 aromatic carbocycles. The average Bonchev–Trinajstić information content (AvgIpc) is 2.68. The van der Waals surface area contributed by atoms with Crippen LogP contribution in [0.2, 0.25) is 0 Å². The summed E-state index contributed by atoms with van der Waals surface area (Å²) in [6.07, 6.45) is 5.48. The van der Waals surface area contributed by atoms with E-state index in [-0.39, 0.29) is 17.6 Å². The number of nitrogens with one attached hydrogen (secondary N) is 2. The number of benzene rings is 1. The summed E-state index contributed by atoms with van der Waals surface area (Å²) in [6.45, 7) is 3.93. The Bertz CT molecular complexity index is 1010. The normalized spacial score (nSPS) is 19.2. The molecule has 4 rings (SSSR count). The van der Waals surface area contributed by atoms with Crippen LogP contribution < -0.4 is 10.6 Å². The number of rotatable bonds is 3. The zero-order valence-electron chi connectivity index (χ0n) is 16.1. The van der Waals surface area contributed by atoms with Gasteiger partial charge in [-0.15, -0.1) is 0 Å². The van der Waals surface area contributed by atoms with Gasteiger partial charge in [0.25, 0.3) is 5.91 Å². The van der Waals surface area contributed by atoms with Gasteiger partial charge in [-0.25, -0.2) is 0 Å². The molecule has 2 N–H and O–H groups in total. The summed E-state index contributed by atoms with van der Waals surface area (Å²) in [7, 11) is 0. The first-order chi connectivity index (χ1) is 13.6. The van der Waals surface area contributed by atoms with E-state index >= 15 is 0 Å². The smallest absolute Gasteiger partial charge is 0.254 e. The van der Waals surface area contributed by atoms with Gasteiger partial charge >= 0.3 is 0 Å². The Morgan fingerprint density at radius 2 is 1.96 bits per heavy atom. The van der Waals surface area contributed by atoms with E-state index in [0.717, 1.165) is 40.9 Å². The summed E-state index contributed by atoms with van der Waals surface area (Å²) in [5, 5.41) is 6.29. The summed E-state index contributed by atoms with van der Waals surface area (Å²) < 4.78 is 0. The minimum atomic E-state index is -0.359. The predicted molar refractivity (Wildman–Crippen MR) is 109 cm³/mol. The molecule has 2 aromatic rings. The predicted octanol–water partition coefficient (Wildman–Crippen LogP) is 4.00. The second-order valence-corrected chi connectivity index (χ2v) is 7.32. The lowest BCUT2D eigenvalue weighted by Crippen LogP contribution is -2.35. The molecule has 1 amide bonds. The van der Waals surface area contributed by atoms with E-state index in [9.17, 15) is 9.59 Å². The topological polar surface area (TPSA) is 71.1 Å². The number of hydrogen-bond donors (Lipinski definition) is 2. The Morgan fingerprint density at radius 1 is 1.14 bits per heavy atom. The number of dihydropyridines is 1. The number of anilines is 1. The van der Waals surface area contributed by atoms with Gasteiger partial charge in [-0.05, 0) is 49.9 Å². The minimum Gasteiger partial charge on any atom is -0.362 e. The first-order valence-electron chi connectivity index (χ1n) is 9.57. The van der Waals surface area contributed by atoms with E-state index in [4.69, 9.17) is 0 Å². The Hall–Kier alpha value is -3.21. The van der Waals surface area contributed by atoms with Crippen molar-refractivity contribution in [1.82, 2.24) is 10.3 Å². The molecule has 1 atom stereocenters. The third kappa shape index (κ3) is 3.24. The van der Waals surface area contributed by atoms with Crippen LogP contribution in [0.25, 0.3) is 0 Å². The van der Waals surface area contributed by atoms with E-state index in [0.29, 0.717) is 17.7 Å². The van der Waals surface area contributed by atoms with Gasteiger partial charge in [-0.2, -0.15) is 0 Å². The van der Waals surface area contributed by atoms with Gasteiger partial charge in [0.15, 0.2) is 5.78 Å². The van der Waals surface area contributed by atoms with Gasteiger partial charge in [0.2, 0.25) is 0 Å². The molecule has 1 aromatic heterocycles. The van der Waals surface area contributed by atoms with Crippen LogP contribution in [0.3, 0.4) is 0 Å². The summed E-state index contributed by atoms with van der Waals surface area (Å²) in [6, 6.07) is 11.6. The van der Waals surface area contributed by atoms with Crippen molar-refractivity contribution in [2.24, 2.45) is 0 Å². The molecular weight excluding hydrogens is 350 g/mol. The molecule has 2 aliphatic rings. The first-order valence-corrected chi connectivity index (χ1v) is 9.57. The Morgan fingerprint density at radius 3 is 2.71 bits per heavy atom. The highest BCUT2D eigenvalue weighted by Gasteiger charge is 2.38. The van der Waals surface area contributed by atoms with Gasteiger partial charge in [-0.1, -0.05) is 24.3 Å². The summed E-state index contributed by atoms with van der Waals surface area (Å²) in [4.78, 5) is 30.2. The van der Waals surface area contributed by atoms with Crippen LogP contribution in [0.1, 0.15) is 43.2 Å². The summed E-state index contributed by atoms with van der Waals surface area (Å²) in [5.41, 5.74) is 5.78. The molecule has 5 heteroatoms. The van der Waals surface area contributed by atoms with Crippen molar-refractivity contribution < 1.29 is 9.59 Å². The highest BCUT2D eigenvalue weighted by atomic mass is 16.2. The highest BCUT2D eigenvalue weighted by Crippen LogP contribution is 2.43. The molecule has 0 bridgehead atoms. The number of hydrogen-bond acceptors (Lipinski definition) is 4. The van der Waals surface area contributed by atoms with E-state index < -0.39 is 0 Å². The fourth-order valence-corrected chi connectivity index (χ4v) is 4.14. The standard InChI is InChI=1S/C23H23N3O2/c1-14-7-3-4-9-17(14)21-20(23(28)26-16-8-6-12-24-13-16)15(2)25-18-10-5-11-19(27)22(18)21/h3-4,6-9,12-13,21,25H,5,10-11H2,1-2H3,(H,26,28). The number of ketones is 1. The second kappa shape index (κ2) is 7.43. The van der Waals surface area contributed by atoms with E-state index in [2.05, 4.69) is 15.6 Å². The molecule has 1 aliphatic heterocycles. The van der Waals surface area contributed by atoms with Gasteiger partial charge in [0.05, 0.1) is 11.9 Å². The zero-order chi connectivity index (χ0) is 19.7. The maximum atomic E-state index is 13.3. The van der Waals surface area contributed by atoms with Crippen LogP contribution in [0.5, 0.6) is 0 Å². The average molecular weight is 373 g/mol. The minimum absolute atomic E-state index is 0.126. The number of carbonyl (C=O) groups is 2. The van der Waals surface area contributed by atoms with Crippen molar-refractivity contribution >= 4 is 17.4 Å². The van der Waals surface area contributed by atoms with Crippen LogP contribution >= 0.6 is 0 Å². The Balaban J connectivity index is 1.82. The van der Waals surface area contributed by atoms with Crippen molar-refractivity contribution in [1.29, 1.82) is 0 Å². The molecule has 0 saturated carbocycles. The molecule has 0 spiro atoms. The molecule has 0 saturated heterocycles. The number of aryl methyl sites for hydroxylation is 1. The quantitative estimate of drug-likeness (QED) is 0.853. The molecule has 1 unspecified atom stereocenters. The van der Waals surface area contributed by atoms with Gasteiger partial charge in [-0.3, -0.25) is 14.6 Å². The molecule has 5 nitrogen and oxygen atoms in total. The third-order valence-corrected chi connectivity index (χ3v) is 5.44. The molecule has 28 heavy (non-hydrogen) atoms. The van der Waals surface area contributed by atoms with Gasteiger partial charge in [0, 0.05) is 41.1 Å². The van der Waals surface area contributed by atoms with Crippen LogP contribution in [-0.4, -0.2) is 16.7 Å². The van der Waals surface area contributed by atoms with Crippen molar-refractivity contribution in [2.75, 3.05) is 5.32 Å². The lowest BCUT2D eigenvalue weighted by Gasteiger charge is -2.35. The molecule has 142 valence electrons. The fraction of sp³-hybridized carbons (Fsp3) is 0.261. The van der Waals surface area contributed by atoms with E-state index in [1.807, 2.05) is 38.1 Å². The van der Waals surface area contributed by atoms with E-state index in [1.165, 1.54) is 0 Å².